The van der Waals surface area contributed by atoms with E-state index in [9.17, 15) is 14.0 Å². The van der Waals surface area contributed by atoms with Gasteiger partial charge in [-0.25, -0.2) is 9.18 Å². The molecule has 21 heavy (non-hydrogen) atoms. The molecule has 0 aliphatic heterocycles. The number of carbonyl (C=O) groups excluding carboxylic acids is 1. The van der Waals surface area contributed by atoms with Gasteiger partial charge in [-0.3, -0.25) is 4.79 Å². The normalized spacial score (nSPS) is 14.3. The molecule has 1 aromatic rings. The lowest BCUT2D eigenvalue weighted by molar-refractivity contribution is -0.142. The van der Waals surface area contributed by atoms with Gasteiger partial charge in [-0.1, -0.05) is 12.1 Å². The predicted molar refractivity (Wildman–Crippen MR) is 80.7 cm³/mol. The van der Waals surface area contributed by atoms with Crippen molar-refractivity contribution in [3.05, 3.63) is 35.6 Å². The summed E-state index contributed by atoms with van der Waals surface area (Å²) in [5.41, 5.74) is 6.45. The van der Waals surface area contributed by atoms with E-state index in [0.717, 1.165) is 0 Å². The molecule has 0 radical (unpaired) electrons. The lowest BCUT2D eigenvalue weighted by Gasteiger charge is -2.28. The molecule has 0 unspecified atom stereocenters. The molecule has 4 N–H and O–H groups in total. The molecule has 0 heterocycles. The van der Waals surface area contributed by atoms with E-state index in [4.69, 9.17) is 10.8 Å². The van der Waals surface area contributed by atoms with E-state index < -0.39 is 28.7 Å². The second-order valence-corrected chi connectivity index (χ2v) is 6.52. The van der Waals surface area contributed by atoms with Gasteiger partial charge < -0.3 is 16.2 Å². The largest absolute Gasteiger partial charge is 0.480 e. The van der Waals surface area contributed by atoms with E-state index in [1.165, 1.54) is 24.3 Å². The number of aliphatic carboxylic acids is 1. The molecule has 0 aromatic heterocycles. The molecule has 1 amide bonds. The summed E-state index contributed by atoms with van der Waals surface area (Å²) in [7, 11) is 0. The van der Waals surface area contributed by atoms with Crippen LogP contribution >= 0.6 is 12.6 Å². The number of rotatable bonds is 6. The number of hydrogen-bond donors (Lipinski definition) is 4. The van der Waals surface area contributed by atoms with Crippen LogP contribution in [0.15, 0.2) is 24.3 Å². The number of amides is 1. The number of carboxylic acid groups (broad SMARTS) is 1. The summed E-state index contributed by atoms with van der Waals surface area (Å²) in [4.78, 5) is 23.1. The quantitative estimate of drug-likeness (QED) is 0.589. The van der Waals surface area contributed by atoms with Gasteiger partial charge in [-0.05, 0) is 38.0 Å². The first-order valence-corrected chi connectivity index (χ1v) is 6.81. The van der Waals surface area contributed by atoms with Gasteiger partial charge in [0.1, 0.15) is 11.9 Å². The van der Waals surface area contributed by atoms with Crippen molar-refractivity contribution in [2.45, 2.75) is 37.1 Å². The monoisotopic (exact) mass is 314 g/mol. The highest BCUT2D eigenvalue weighted by atomic mass is 32.1. The van der Waals surface area contributed by atoms with Crippen LogP contribution in [0.5, 0.6) is 0 Å². The van der Waals surface area contributed by atoms with Crippen molar-refractivity contribution in [3.63, 3.8) is 0 Å². The Hall–Kier alpha value is -1.60. The molecule has 0 aliphatic carbocycles. The molecule has 0 spiro atoms. The number of nitrogens with one attached hydrogen (secondary N) is 1. The van der Waals surface area contributed by atoms with E-state index in [-0.39, 0.29) is 12.2 Å². The molecule has 7 heteroatoms. The molecule has 0 fully saturated rings. The highest BCUT2D eigenvalue weighted by Gasteiger charge is 2.34. The average molecular weight is 314 g/mol. The lowest BCUT2D eigenvalue weighted by atomic mass is 10.0. The van der Waals surface area contributed by atoms with E-state index in [0.29, 0.717) is 5.56 Å². The second-order valence-electron chi connectivity index (χ2n) is 5.37. The summed E-state index contributed by atoms with van der Waals surface area (Å²) in [6, 6.07) is 3.52. The van der Waals surface area contributed by atoms with Crippen molar-refractivity contribution in [1.29, 1.82) is 0 Å². The summed E-state index contributed by atoms with van der Waals surface area (Å²) >= 11 is 4.16. The maximum Gasteiger partial charge on any atom is 0.327 e. The number of carbonyl (C=O) groups is 2. The Morgan fingerprint density at radius 2 is 1.90 bits per heavy atom. The van der Waals surface area contributed by atoms with Crippen LogP contribution in [0.1, 0.15) is 19.4 Å². The first-order valence-electron chi connectivity index (χ1n) is 6.37. The van der Waals surface area contributed by atoms with Gasteiger partial charge >= 0.3 is 5.97 Å². The van der Waals surface area contributed by atoms with Crippen molar-refractivity contribution in [2.75, 3.05) is 0 Å². The molecular formula is C14H19FN2O3S. The zero-order chi connectivity index (χ0) is 16.2. The van der Waals surface area contributed by atoms with Crippen LogP contribution in [0.3, 0.4) is 0 Å². The standard InChI is InChI=1S/C14H19FN2O3S/c1-14(2,21)11(13(19)20)17-12(18)10(16)7-8-3-5-9(15)6-4-8/h3-6,10-11,21H,7,16H2,1-2H3,(H,17,18)(H,19,20)/t10-,11+/m0/s1. The molecular weight excluding hydrogens is 295 g/mol. The minimum Gasteiger partial charge on any atom is -0.480 e. The molecule has 1 aromatic carbocycles. The van der Waals surface area contributed by atoms with Gasteiger partial charge in [0, 0.05) is 4.75 Å². The second kappa shape index (κ2) is 6.91. The van der Waals surface area contributed by atoms with Crippen molar-refractivity contribution < 1.29 is 19.1 Å². The Kier molecular flexibility index (Phi) is 5.74. The first-order chi connectivity index (χ1) is 9.61. The summed E-state index contributed by atoms with van der Waals surface area (Å²) < 4.78 is 11.9. The van der Waals surface area contributed by atoms with E-state index in [2.05, 4.69) is 17.9 Å². The maximum atomic E-state index is 12.8. The highest BCUT2D eigenvalue weighted by molar-refractivity contribution is 7.81. The summed E-state index contributed by atoms with van der Waals surface area (Å²) in [6.07, 6.45) is 0.186. The van der Waals surface area contributed by atoms with Crippen molar-refractivity contribution in [1.82, 2.24) is 5.32 Å². The molecule has 0 saturated carbocycles. The Labute approximate surface area is 128 Å². The Morgan fingerprint density at radius 1 is 1.38 bits per heavy atom. The van der Waals surface area contributed by atoms with Gasteiger partial charge in [0.25, 0.3) is 0 Å². The van der Waals surface area contributed by atoms with Crippen molar-refractivity contribution in [2.24, 2.45) is 5.73 Å². The van der Waals surface area contributed by atoms with Crippen LogP contribution in [-0.2, 0) is 16.0 Å². The summed E-state index contributed by atoms with van der Waals surface area (Å²) in [5.74, 6) is -2.15. The SMILES string of the molecule is CC(C)(S)[C@H](NC(=O)[C@@H](N)Cc1ccc(F)cc1)C(=O)O. The van der Waals surface area contributed by atoms with Crippen LogP contribution in [0, 0.1) is 5.82 Å². The van der Waals surface area contributed by atoms with Gasteiger partial charge in [-0.2, -0.15) is 12.6 Å². The predicted octanol–water partition coefficient (Wildman–Crippen LogP) is 0.973. The van der Waals surface area contributed by atoms with Crippen molar-refractivity contribution >= 4 is 24.5 Å². The third-order valence-electron chi connectivity index (χ3n) is 2.95. The fraction of sp³-hybridized carbons (Fsp3) is 0.429. The van der Waals surface area contributed by atoms with Gasteiger partial charge in [0.05, 0.1) is 6.04 Å². The number of thiol groups is 1. The number of hydrogen-bond acceptors (Lipinski definition) is 4. The van der Waals surface area contributed by atoms with Crippen LogP contribution < -0.4 is 11.1 Å². The molecule has 0 saturated heterocycles. The Bertz CT molecular complexity index is 514. The number of carboxylic acids is 1. The molecule has 0 aliphatic rings. The lowest BCUT2D eigenvalue weighted by Crippen LogP contribution is -2.55. The van der Waals surface area contributed by atoms with Crippen LogP contribution in [0.25, 0.3) is 0 Å². The van der Waals surface area contributed by atoms with E-state index in [1.807, 2.05) is 0 Å². The molecule has 1 rings (SSSR count). The third kappa shape index (κ3) is 5.35. The van der Waals surface area contributed by atoms with Crippen LogP contribution in [0.2, 0.25) is 0 Å². The fourth-order valence-electron chi connectivity index (χ4n) is 1.76. The van der Waals surface area contributed by atoms with Gasteiger partial charge in [-0.15, -0.1) is 0 Å². The van der Waals surface area contributed by atoms with Crippen LogP contribution in [0.4, 0.5) is 4.39 Å². The third-order valence-corrected chi connectivity index (χ3v) is 3.20. The van der Waals surface area contributed by atoms with Gasteiger partial charge in [0.15, 0.2) is 0 Å². The molecule has 116 valence electrons. The smallest absolute Gasteiger partial charge is 0.327 e. The van der Waals surface area contributed by atoms with Crippen molar-refractivity contribution in [3.8, 4) is 0 Å². The molecule has 0 bridgehead atoms. The fourth-order valence-corrected chi connectivity index (χ4v) is 1.93. The van der Waals surface area contributed by atoms with Gasteiger partial charge in [0.2, 0.25) is 5.91 Å². The first kappa shape index (κ1) is 17.5. The topological polar surface area (TPSA) is 92.4 Å². The summed E-state index contributed by atoms with van der Waals surface area (Å²) in [5, 5.41) is 11.5. The highest BCUT2D eigenvalue weighted by Crippen LogP contribution is 2.18. The maximum absolute atomic E-state index is 12.8. The minimum atomic E-state index is -1.18. The zero-order valence-electron chi connectivity index (χ0n) is 11.8. The number of nitrogens with two attached hydrogens (primary N) is 1. The Morgan fingerprint density at radius 3 is 2.33 bits per heavy atom. The Balaban J connectivity index is 2.69. The van der Waals surface area contributed by atoms with E-state index >= 15 is 0 Å². The van der Waals surface area contributed by atoms with Crippen LogP contribution in [-0.4, -0.2) is 33.8 Å². The number of halogens is 1. The molecule has 2 atom stereocenters. The zero-order valence-corrected chi connectivity index (χ0v) is 12.7. The average Bonchev–Trinajstić information content (AvgIpc) is 2.36. The molecule has 5 nitrogen and oxygen atoms in total. The number of benzene rings is 1. The summed E-state index contributed by atoms with van der Waals surface area (Å²) in [6.45, 7) is 3.17. The minimum absolute atomic E-state index is 0.186. The van der Waals surface area contributed by atoms with E-state index in [1.54, 1.807) is 13.8 Å².